The molecular weight excluding hydrogens is 212 g/mol. The van der Waals surface area contributed by atoms with Crippen LogP contribution in [0.2, 0.25) is 0 Å². The molecule has 1 heterocycles. The zero-order valence-corrected chi connectivity index (χ0v) is 10.3. The molecule has 1 saturated heterocycles. The third-order valence-electron chi connectivity index (χ3n) is 5.63. The highest BCUT2D eigenvalue weighted by atomic mass is 16.1. The van der Waals surface area contributed by atoms with E-state index in [-0.39, 0.29) is 5.91 Å². The van der Waals surface area contributed by atoms with Crippen LogP contribution in [-0.4, -0.2) is 24.5 Å². The van der Waals surface area contributed by atoms with E-state index in [0.29, 0.717) is 12.5 Å². The van der Waals surface area contributed by atoms with Gasteiger partial charge in [0.1, 0.15) is 0 Å². The molecule has 0 spiro atoms. The van der Waals surface area contributed by atoms with Crippen LogP contribution in [0, 0.1) is 23.7 Å². The van der Waals surface area contributed by atoms with Crippen molar-refractivity contribution in [2.75, 3.05) is 6.54 Å². The summed E-state index contributed by atoms with van der Waals surface area (Å²) in [5.41, 5.74) is 0. The normalized spacial score (nSPS) is 51.9. The van der Waals surface area contributed by atoms with Crippen molar-refractivity contribution in [2.45, 2.75) is 50.6 Å². The van der Waals surface area contributed by atoms with Gasteiger partial charge in [-0.3, -0.25) is 4.79 Å². The fourth-order valence-electron chi connectivity index (χ4n) is 5.19. The highest BCUT2D eigenvalue weighted by Gasteiger charge is 2.48. The van der Waals surface area contributed by atoms with Crippen LogP contribution in [0.4, 0.5) is 0 Å². The summed E-state index contributed by atoms with van der Waals surface area (Å²) < 4.78 is 0. The smallest absolute Gasteiger partial charge is 0.221 e. The Bertz CT molecular complexity index is 313. The van der Waals surface area contributed by atoms with E-state index in [2.05, 4.69) is 10.6 Å². The SMILES string of the molecule is O=C1CC(NC2C3CC4CC(C3)CC2C4)CN1. The number of amides is 1. The van der Waals surface area contributed by atoms with E-state index < -0.39 is 0 Å². The van der Waals surface area contributed by atoms with Crippen LogP contribution < -0.4 is 10.6 Å². The lowest BCUT2D eigenvalue weighted by molar-refractivity contribution is -0.119. The summed E-state index contributed by atoms with van der Waals surface area (Å²) in [7, 11) is 0. The molecular formula is C14H22N2O. The lowest BCUT2D eigenvalue weighted by atomic mass is 9.54. The fraction of sp³-hybridized carbons (Fsp3) is 0.929. The predicted molar refractivity (Wildman–Crippen MR) is 65.4 cm³/mol. The van der Waals surface area contributed by atoms with E-state index in [1.54, 1.807) is 0 Å². The summed E-state index contributed by atoms with van der Waals surface area (Å²) in [5, 5.41) is 6.75. The number of hydrogen-bond donors (Lipinski definition) is 2. The Labute approximate surface area is 103 Å². The van der Waals surface area contributed by atoms with Crippen LogP contribution >= 0.6 is 0 Å². The number of carbonyl (C=O) groups is 1. The molecule has 0 radical (unpaired) electrons. The van der Waals surface area contributed by atoms with Gasteiger partial charge in [-0.15, -0.1) is 0 Å². The van der Waals surface area contributed by atoms with E-state index in [4.69, 9.17) is 0 Å². The van der Waals surface area contributed by atoms with Crippen LogP contribution in [0.3, 0.4) is 0 Å². The fourth-order valence-corrected chi connectivity index (χ4v) is 5.19. The van der Waals surface area contributed by atoms with E-state index in [9.17, 15) is 4.79 Å². The quantitative estimate of drug-likeness (QED) is 0.756. The molecule has 3 heteroatoms. The molecule has 0 aromatic heterocycles. The molecule has 0 aromatic carbocycles. The minimum Gasteiger partial charge on any atom is -0.354 e. The summed E-state index contributed by atoms with van der Waals surface area (Å²) in [6.07, 6.45) is 8.04. The number of carbonyl (C=O) groups excluding carboxylic acids is 1. The molecule has 94 valence electrons. The first kappa shape index (κ1) is 10.4. The first-order valence-electron chi connectivity index (χ1n) is 7.30. The Morgan fingerprint density at radius 3 is 2.18 bits per heavy atom. The molecule has 4 aliphatic carbocycles. The van der Waals surface area contributed by atoms with Gasteiger partial charge in [0.05, 0.1) is 0 Å². The van der Waals surface area contributed by atoms with E-state index in [1.165, 1.54) is 32.1 Å². The molecule has 5 aliphatic rings. The molecule has 1 amide bonds. The van der Waals surface area contributed by atoms with Gasteiger partial charge < -0.3 is 10.6 Å². The van der Waals surface area contributed by atoms with Gasteiger partial charge in [-0.05, 0) is 55.8 Å². The molecule has 0 aromatic rings. The zero-order valence-electron chi connectivity index (χ0n) is 10.3. The lowest BCUT2D eigenvalue weighted by Gasteiger charge is -2.55. The topological polar surface area (TPSA) is 41.1 Å². The van der Waals surface area contributed by atoms with Gasteiger partial charge in [-0.25, -0.2) is 0 Å². The second-order valence-electron chi connectivity index (χ2n) is 6.83. The van der Waals surface area contributed by atoms with Crippen molar-refractivity contribution in [3.8, 4) is 0 Å². The maximum Gasteiger partial charge on any atom is 0.221 e. The van der Waals surface area contributed by atoms with Crippen LogP contribution in [0.1, 0.15) is 38.5 Å². The van der Waals surface area contributed by atoms with Gasteiger partial charge in [-0.1, -0.05) is 0 Å². The Hall–Kier alpha value is -0.570. The van der Waals surface area contributed by atoms with Crippen molar-refractivity contribution in [3.63, 3.8) is 0 Å². The van der Waals surface area contributed by atoms with Crippen molar-refractivity contribution >= 4 is 5.91 Å². The van der Waals surface area contributed by atoms with Crippen LogP contribution in [-0.2, 0) is 4.79 Å². The summed E-state index contributed by atoms with van der Waals surface area (Å²) in [4.78, 5) is 11.2. The van der Waals surface area contributed by atoms with E-state index >= 15 is 0 Å². The molecule has 3 nitrogen and oxygen atoms in total. The van der Waals surface area contributed by atoms with E-state index in [0.717, 1.165) is 36.3 Å². The van der Waals surface area contributed by atoms with Gasteiger partial charge in [0.15, 0.2) is 0 Å². The second-order valence-corrected chi connectivity index (χ2v) is 6.83. The van der Waals surface area contributed by atoms with Gasteiger partial charge in [0.25, 0.3) is 0 Å². The summed E-state index contributed by atoms with van der Waals surface area (Å²) in [5.74, 6) is 4.15. The third kappa shape index (κ3) is 1.70. The minimum atomic E-state index is 0.228. The molecule has 5 fully saturated rings. The Morgan fingerprint density at radius 2 is 1.65 bits per heavy atom. The Morgan fingerprint density at radius 1 is 1.00 bits per heavy atom. The zero-order chi connectivity index (χ0) is 11.4. The van der Waals surface area contributed by atoms with Crippen molar-refractivity contribution in [1.82, 2.24) is 10.6 Å². The molecule has 17 heavy (non-hydrogen) atoms. The average Bonchev–Trinajstić information content (AvgIpc) is 2.68. The number of nitrogens with one attached hydrogen (secondary N) is 2. The van der Waals surface area contributed by atoms with Gasteiger partial charge in [0.2, 0.25) is 5.91 Å². The molecule has 1 atom stereocenters. The van der Waals surface area contributed by atoms with Crippen molar-refractivity contribution < 1.29 is 4.79 Å². The lowest BCUT2D eigenvalue weighted by Crippen LogP contribution is -2.57. The summed E-state index contributed by atoms with van der Waals surface area (Å²) >= 11 is 0. The first-order chi connectivity index (χ1) is 8.28. The molecule has 1 unspecified atom stereocenters. The monoisotopic (exact) mass is 234 g/mol. The van der Waals surface area contributed by atoms with Crippen LogP contribution in [0.25, 0.3) is 0 Å². The number of rotatable bonds is 2. The van der Waals surface area contributed by atoms with Crippen molar-refractivity contribution in [1.29, 1.82) is 0 Å². The van der Waals surface area contributed by atoms with Crippen LogP contribution in [0.15, 0.2) is 0 Å². The van der Waals surface area contributed by atoms with Crippen molar-refractivity contribution in [2.24, 2.45) is 23.7 Å². The largest absolute Gasteiger partial charge is 0.354 e. The van der Waals surface area contributed by atoms with E-state index in [1.807, 2.05) is 0 Å². The highest BCUT2D eigenvalue weighted by molar-refractivity contribution is 5.78. The Kier molecular flexibility index (Phi) is 2.26. The van der Waals surface area contributed by atoms with Crippen molar-refractivity contribution in [3.05, 3.63) is 0 Å². The molecule has 4 bridgehead atoms. The highest BCUT2D eigenvalue weighted by Crippen LogP contribution is 2.53. The third-order valence-corrected chi connectivity index (χ3v) is 5.63. The second kappa shape index (κ2) is 3.71. The maximum absolute atomic E-state index is 11.2. The van der Waals surface area contributed by atoms with Gasteiger partial charge >= 0.3 is 0 Å². The van der Waals surface area contributed by atoms with Crippen LogP contribution in [0.5, 0.6) is 0 Å². The predicted octanol–water partition coefficient (Wildman–Crippen LogP) is 1.29. The average molecular weight is 234 g/mol. The molecule has 1 aliphatic heterocycles. The maximum atomic E-state index is 11.2. The molecule has 4 saturated carbocycles. The van der Waals surface area contributed by atoms with Gasteiger partial charge in [0, 0.05) is 25.0 Å². The first-order valence-corrected chi connectivity index (χ1v) is 7.30. The number of hydrogen-bond acceptors (Lipinski definition) is 2. The summed E-state index contributed by atoms with van der Waals surface area (Å²) in [6, 6.07) is 1.13. The minimum absolute atomic E-state index is 0.228. The Balaban J connectivity index is 1.46. The molecule has 5 rings (SSSR count). The summed E-state index contributed by atoms with van der Waals surface area (Å²) in [6.45, 7) is 0.849. The van der Waals surface area contributed by atoms with Gasteiger partial charge in [-0.2, -0.15) is 0 Å². The molecule has 2 N–H and O–H groups in total. The standard InChI is InChI=1S/C14H22N2O/c17-13-6-12(7-15-13)16-14-10-2-8-1-9(4-10)5-11(14)3-8/h8-12,14,16H,1-7H2,(H,15,17).